The quantitative estimate of drug-likeness (QED) is 0.823. The van der Waals surface area contributed by atoms with Crippen LogP contribution in [0.4, 0.5) is 0 Å². The summed E-state index contributed by atoms with van der Waals surface area (Å²) in [5.74, 6) is -0.111. The first-order valence-corrected chi connectivity index (χ1v) is 9.42. The second-order valence-electron chi connectivity index (χ2n) is 7.00. The standard InChI is InChI=1S/C23H26N2O2/c1-18(26)22(16-19-8-4-2-5-9-19)24-23(27)17-25-14-12-21(13-15-25)20-10-6-3-7-11-20/h2-12,22H,13-17H2,1H3,(H,24,27)/t22-/m1/s1. The number of hydrogen-bond acceptors (Lipinski definition) is 3. The van der Waals surface area contributed by atoms with Crippen LogP contribution in [0.5, 0.6) is 0 Å². The van der Waals surface area contributed by atoms with Gasteiger partial charge in [-0.3, -0.25) is 14.5 Å². The molecule has 4 heteroatoms. The number of hydrogen-bond donors (Lipinski definition) is 1. The molecule has 0 aliphatic carbocycles. The monoisotopic (exact) mass is 362 g/mol. The predicted octanol–water partition coefficient (Wildman–Crippen LogP) is 3.09. The minimum atomic E-state index is -0.472. The lowest BCUT2D eigenvalue weighted by atomic mass is 9.99. The predicted molar refractivity (Wildman–Crippen MR) is 108 cm³/mol. The molecule has 1 heterocycles. The Balaban J connectivity index is 1.52. The summed E-state index contributed by atoms with van der Waals surface area (Å²) in [6.45, 7) is 3.44. The third-order valence-corrected chi connectivity index (χ3v) is 4.91. The van der Waals surface area contributed by atoms with Crippen molar-refractivity contribution in [2.75, 3.05) is 19.6 Å². The number of carbonyl (C=O) groups is 2. The Labute approximate surface area is 160 Å². The van der Waals surface area contributed by atoms with Gasteiger partial charge in [0.15, 0.2) is 5.78 Å². The molecule has 0 radical (unpaired) electrons. The minimum Gasteiger partial charge on any atom is -0.345 e. The highest BCUT2D eigenvalue weighted by Gasteiger charge is 2.20. The van der Waals surface area contributed by atoms with Gasteiger partial charge in [-0.2, -0.15) is 0 Å². The second kappa shape index (κ2) is 9.28. The fourth-order valence-electron chi connectivity index (χ4n) is 3.36. The molecule has 1 N–H and O–H groups in total. The molecule has 0 bridgehead atoms. The zero-order valence-corrected chi connectivity index (χ0v) is 15.7. The van der Waals surface area contributed by atoms with Crippen LogP contribution in [0.1, 0.15) is 24.5 Å². The molecule has 3 rings (SSSR count). The maximum Gasteiger partial charge on any atom is 0.234 e. The Morgan fingerprint density at radius 3 is 2.30 bits per heavy atom. The average molecular weight is 362 g/mol. The van der Waals surface area contributed by atoms with Gasteiger partial charge in [0.2, 0.25) is 5.91 Å². The van der Waals surface area contributed by atoms with Gasteiger partial charge in [-0.05, 0) is 36.5 Å². The zero-order chi connectivity index (χ0) is 19.1. The lowest BCUT2D eigenvalue weighted by molar-refractivity contribution is -0.127. The Hall–Kier alpha value is -2.72. The summed E-state index contributed by atoms with van der Waals surface area (Å²) in [5.41, 5.74) is 3.63. The van der Waals surface area contributed by atoms with Gasteiger partial charge in [0.1, 0.15) is 0 Å². The van der Waals surface area contributed by atoms with Gasteiger partial charge in [0, 0.05) is 13.1 Å². The van der Waals surface area contributed by atoms with Gasteiger partial charge in [-0.15, -0.1) is 0 Å². The number of benzene rings is 2. The number of nitrogens with one attached hydrogen (secondary N) is 1. The number of ketones is 1. The summed E-state index contributed by atoms with van der Waals surface area (Å²) >= 11 is 0. The van der Waals surface area contributed by atoms with E-state index < -0.39 is 6.04 Å². The van der Waals surface area contributed by atoms with Crippen LogP contribution >= 0.6 is 0 Å². The van der Waals surface area contributed by atoms with E-state index in [1.54, 1.807) is 0 Å². The second-order valence-corrected chi connectivity index (χ2v) is 7.00. The van der Waals surface area contributed by atoms with Crippen molar-refractivity contribution in [3.8, 4) is 0 Å². The third-order valence-electron chi connectivity index (χ3n) is 4.91. The molecule has 2 aromatic carbocycles. The summed E-state index contributed by atoms with van der Waals surface area (Å²) in [6, 6.07) is 19.7. The number of amides is 1. The fourth-order valence-corrected chi connectivity index (χ4v) is 3.36. The normalized spacial score (nSPS) is 15.7. The summed E-state index contributed by atoms with van der Waals surface area (Å²) < 4.78 is 0. The zero-order valence-electron chi connectivity index (χ0n) is 15.7. The van der Waals surface area contributed by atoms with Crippen LogP contribution in [0.3, 0.4) is 0 Å². The fraction of sp³-hybridized carbons (Fsp3) is 0.304. The van der Waals surface area contributed by atoms with Crippen molar-refractivity contribution >= 4 is 17.3 Å². The molecule has 0 saturated heterocycles. The topological polar surface area (TPSA) is 49.4 Å². The molecule has 0 fully saturated rings. The molecule has 0 saturated carbocycles. The number of nitrogens with zero attached hydrogens (tertiary/aromatic N) is 1. The van der Waals surface area contributed by atoms with Crippen LogP contribution < -0.4 is 5.32 Å². The molecular weight excluding hydrogens is 336 g/mol. The molecule has 27 heavy (non-hydrogen) atoms. The molecule has 1 amide bonds. The van der Waals surface area contributed by atoms with Crippen LogP contribution in [-0.2, 0) is 16.0 Å². The van der Waals surface area contributed by atoms with E-state index in [2.05, 4.69) is 28.4 Å². The van der Waals surface area contributed by atoms with Crippen molar-refractivity contribution in [2.24, 2.45) is 0 Å². The highest BCUT2D eigenvalue weighted by Crippen LogP contribution is 2.21. The van der Waals surface area contributed by atoms with E-state index in [0.717, 1.165) is 25.1 Å². The van der Waals surface area contributed by atoms with Crippen LogP contribution in [-0.4, -0.2) is 42.3 Å². The van der Waals surface area contributed by atoms with Crippen LogP contribution in [0.2, 0.25) is 0 Å². The van der Waals surface area contributed by atoms with Crippen molar-refractivity contribution in [1.29, 1.82) is 0 Å². The Morgan fingerprint density at radius 1 is 1.04 bits per heavy atom. The van der Waals surface area contributed by atoms with E-state index in [-0.39, 0.29) is 11.7 Å². The van der Waals surface area contributed by atoms with E-state index in [0.29, 0.717) is 13.0 Å². The largest absolute Gasteiger partial charge is 0.345 e. The smallest absolute Gasteiger partial charge is 0.234 e. The molecule has 0 aromatic heterocycles. The van der Waals surface area contributed by atoms with Gasteiger partial charge in [-0.1, -0.05) is 66.7 Å². The van der Waals surface area contributed by atoms with Crippen molar-refractivity contribution < 1.29 is 9.59 Å². The molecule has 1 aliphatic heterocycles. The summed E-state index contributed by atoms with van der Waals surface area (Å²) in [7, 11) is 0. The van der Waals surface area contributed by atoms with Crippen LogP contribution in [0.25, 0.3) is 5.57 Å². The van der Waals surface area contributed by atoms with Crippen molar-refractivity contribution in [2.45, 2.75) is 25.8 Å². The van der Waals surface area contributed by atoms with Gasteiger partial charge in [0.05, 0.1) is 12.6 Å². The number of rotatable bonds is 7. The van der Waals surface area contributed by atoms with Gasteiger partial charge in [0.25, 0.3) is 0 Å². The molecule has 0 unspecified atom stereocenters. The maximum absolute atomic E-state index is 12.4. The van der Waals surface area contributed by atoms with Crippen molar-refractivity contribution in [3.05, 3.63) is 77.9 Å². The summed E-state index contributed by atoms with van der Waals surface area (Å²) in [5, 5.41) is 2.90. The van der Waals surface area contributed by atoms with E-state index in [9.17, 15) is 9.59 Å². The lowest BCUT2D eigenvalue weighted by Crippen LogP contribution is -2.46. The highest BCUT2D eigenvalue weighted by atomic mass is 16.2. The molecule has 2 aromatic rings. The summed E-state index contributed by atoms with van der Waals surface area (Å²) in [4.78, 5) is 26.5. The number of Topliss-reactive ketones (excluding diaryl/α,β-unsaturated/α-hetero) is 1. The Bertz CT molecular complexity index is 800. The molecule has 140 valence electrons. The molecule has 1 atom stereocenters. The lowest BCUT2D eigenvalue weighted by Gasteiger charge is -2.26. The van der Waals surface area contributed by atoms with Crippen LogP contribution in [0, 0.1) is 0 Å². The SMILES string of the molecule is CC(=O)[C@@H](Cc1ccccc1)NC(=O)CN1CC=C(c2ccccc2)CC1. The number of carbonyl (C=O) groups excluding carboxylic acids is 2. The first-order valence-electron chi connectivity index (χ1n) is 9.42. The first kappa shape index (κ1) is 19.1. The van der Waals surface area contributed by atoms with Gasteiger partial charge in [-0.25, -0.2) is 0 Å². The van der Waals surface area contributed by atoms with Gasteiger partial charge < -0.3 is 5.32 Å². The van der Waals surface area contributed by atoms with E-state index in [1.165, 1.54) is 18.1 Å². The van der Waals surface area contributed by atoms with E-state index in [1.807, 2.05) is 48.5 Å². The Morgan fingerprint density at radius 2 is 1.70 bits per heavy atom. The van der Waals surface area contributed by atoms with E-state index >= 15 is 0 Å². The molecule has 0 spiro atoms. The third kappa shape index (κ3) is 5.63. The van der Waals surface area contributed by atoms with Gasteiger partial charge >= 0.3 is 0 Å². The highest BCUT2D eigenvalue weighted by molar-refractivity contribution is 5.88. The molecule has 1 aliphatic rings. The Kier molecular flexibility index (Phi) is 6.55. The van der Waals surface area contributed by atoms with Crippen molar-refractivity contribution in [1.82, 2.24) is 10.2 Å². The van der Waals surface area contributed by atoms with Crippen molar-refractivity contribution in [3.63, 3.8) is 0 Å². The molecular formula is C23H26N2O2. The minimum absolute atomic E-state index is 0.0166. The average Bonchev–Trinajstić information content (AvgIpc) is 2.69. The summed E-state index contributed by atoms with van der Waals surface area (Å²) in [6.07, 6.45) is 3.65. The first-order chi connectivity index (χ1) is 13.1. The maximum atomic E-state index is 12.4. The molecule has 4 nitrogen and oxygen atoms in total. The van der Waals surface area contributed by atoms with Crippen LogP contribution in [0.15, 0.2) is 66.7 Å². The van der Waals surface area contributed by atoms with E-state index in [4.69, 9.17) is 0 Å².